The molecule has 5 heteroatoms. The second-order valence-electron chi connectivity index (χ2n) is 16.4. The zero-order valence-corrected chi connectivity index (χ0v) is 30.1. The van der Waals surface area contributed by atoms with Crippen LogP contribution >= 0.6 is 0 Å². The molecule has 0 unspecified atom stereocenters. The molecule has 0 spiro atoms. The molecule has 0 radical (unpaired) electrons. The fraction of sp³-hybridized carbons (Fsp3) is 0.170. The number of aromatic nitrogens is 3. The summed E-state index contributed by atoms with van der Waals surface area (Å²) in [6, 6.07) is 39.4. The molecule has 0 fully saturated rings. The van der Waals surface area contributed by atoms with Crippen molar-refractivity contribution in [2.24, 2.45) is 0 Å². The quantitative estimate of drug-likeness (QED) is 0.129. The Bertz CT molecular complexity index is 3180. The molecule has 0 saturated heterocycles. The zero-order chi connectivity index (χ0) is 35.8. The van der Waals surface area contributed by atoms with Gasteiger partial charge in [0.15, 0.2) is 10.9 Å². The van der Waals surface area contributed by atoms with Gasteiger partial charge in [0.05, 0.1) is 33.1 Å². The van der Waals surface area contributed by atoms with Gasteiger partial charge in [0.2, 0.25) is 0 Å². The first-order valence-corrected chi connectivity index (χ1v) is 18.0. The number of pyridine rings is 3. The zero-order valence-electron chi connectivity index (χ0n) is 30.1. The molecule has 0 bridgehead atoms. The highest BCUT2D eigenvalue weighted by atomic mass is 16.1. The fourth-order valence-corrected chi connectivity index (χ4v) is 8.29. The van der Waals surface area contributed by atoms with Crippen molar-refractivity contribution in [3.05, 3.63) is 147 Å². The molecule has 52 heavy (non-hydrogen) atoms. The fourth-order valence-electron chi connectivity index (χ4n) is 8.29. The lowest BCUT2D eigenvalue weighted by molar-refractivity contribution is 0.591. The molecular formula is C47H37N3O2. The number of benzene rings is 6. The van der Waals surface area contributed by atoms with Gasteiger partial charge in [0.1, 0.15) is 5.65 Å². The number of para-hydroxylation sites is 1. The molecule has 5 nitrogen and oxygen atoms in total. The van der Waals surface area contributed by atoms with Crippen LogP contribution in [0.4, 0.5) is 0 Å². The van der Waals surface area contributed by atoms with Gasteiger partial charge in [0.25, 0.3) is 0 Å². The predicted octanol–water partition coefficient (Wildman–Crippen LogP) is 10.9. The summed E-state index contributed by atoms with van der Waals surface area (Å²) in [6.45, 7) is 13.1. The van der Waals surface area contributed by atoms with Crippen molar-refractivity contribution in [2.75, 3.05) is 0 Å². The van der Waals surface area contributed by atoms with Crippen molar-refractivity contribution in [3.63, 3.8) is 0 Å². The van der Waals surface area contributed by atoms with Crippen LogP contribution in [0.1, 0.15) is 52.7 Å². The van der Waals surface area contributed by atoms with E-state index in [-0.39, 0.29) is 21.7 Å². The summed E-state index contributed by atoms with van der Waals surface area (Å²) in [5.41, 5.74) is 9.78. The Labute approximate surface area is 299 Å². The first kappa shape index (κ1) is 30.7. The van der Waals surface area contributed by atoms with Crippen LogP contribution in [0.5, 0.6) is 0 Å². The van der Waals surface area contributed by atoms with E-state index in [1.54, 1.807) is 0 Å². The lowest BCUT2D eigenvalue weighted by atomic mass is 9.85. The van der Waals surface area contributed by atoms with Crippen LogP contribution < -0.4 is 10.9 Å². The molecule has 0 aliphatic carbocycles. The lowest BCUT2D eigenvalue weighted by Gasteiger charge is -2.23. The molecule has 10 rings (SSSR count). The number of nitrogens with zero attached hydrogens (tertiary/aromatic N) is 3. The predicted molar refractivity (Wildman–Crippen MR) is 218 cm³/mol. The van der Waals surface area contributed by atoms with E-state index < -0.39 is 0 Å². The molecule has 0 saturated carbocycles. The van der Waals surface area contributed by atoms with Crippen molar-refractivity contribution in [1.82, 2.24) is 13.8 Å². The molecule has 0 atom stereocenters. The van der Waals surface area contributed by atoms with Crippen LogP contribution in [0.15, 0.2) is 125 Å². The van der Waals surface area contributed by atoms with Gasteiger partial charge < -0.3 is 4.40 Å². The number of hydrogen-bond donors (Lipinski definition) is 0. The largest absolute Gasteiger partial charge is 0.307 e. The Kier molecular flexibility index (Phi) is 6.06. The first-order chi connectivity index (χ1) is 24.9. The maximum Gasteiger partial charge on any atom is 0.197 e. The summed E-state index contributed by atoms with van der Waals surface area (Å²) in [5.74, 6) is 0. The number of fused-ring (bicyclic) bond motifs is 12. The molecule has 10 aromatic rings. The standard InChI is InChI=1S/C47H37N3O2/c1-46(2,3)28-16-18-33-39(24-28)49-40-25-29(47(4,5)6)17-19-34(40)44(52)36-22-27(21-35(42(36)49)43(33)51)26-15-20-37-41(23-26)50-38-14-10-9-12-31(38)30-11-7-8-13-32(30)45(50)48-37/h7-25H,1-6H3. The molecule has 0 amide bonds. The minimum atomic E-state index is -0.124. The van der Waals surface area contributed by atoms with Crippen LogP contribution in [0, 0.1) is 0 Å². The van der Waals surface area contributed by atoms with E-state index in [2.05, 4.69) is 141 Å². The van der Waals surface area contributed by atoms with Crippen LogP contribution in [-0.2, 0) is 10.8 Å². The molecule has 0 N–H and O–H groups in total. The van der Waals surface area contributed by atoms with Crippen LogP contribution in [0.25, 0.3) is 87.6 Å². The van der Waals surface area contributed by atoms with Crippen molar-refractivity contribution < 1.29 is 0 Å². The molecular weight excluding hydrogens is 639 g/mol. The number of imidazole rings is 1. The van der Waals surface area contributed by atoms with Gasteiger partial charge in [-0.3, -0.25) is 14.0 Å². The highest BCUT2D eigenvalue weighted by Gasteiger charge is 2.23. The SMILES string of the molecule is CC(C)(C)c1ccc2c(=O)c3cc(-c4ccc5nc6c7ccccc7c7ccccc7n6c5c4)cc4c(=O)c5ccc(C(C)(C)C)cc5n(c2c1)c34. The third-order valence-electron chi connectivity index (χ3n) is 11.1. The van der Waals surface area contributed by atoms with Gasteiger partial charge in [-0.05, 0) is 93.1 Å². The van der Waals surface area contributed by atoms with E-state index >= 15 is 0 Å². The van der Waals surface area contributed by atoms with E-state index in [9.17, 15) is 9.59 Å². The maximum atomic E-state index is 14.6. The smallest absolute Gasteiger partial charge is 0.197 e. The van der Waals surface area contributed by atoms with Crippen molar-refractivity contribution in [3.8, 4) is 11.1 Å². The third kappa shape index (κ3) is 4.19. The number of hydrogen-bond acceptors (Lipinski definition) is 3. The second kappa shape index (κ2) is 10.3. The molecule has 252 valence electrons. The monoisotopic (exact) mass is 675 g/mol. The number of rotatable bonds is 1. The minimum Gasteiger partial charge on any atom is -0.307 e. The van der Waals surface area contributed by atoms with E-state index in [4.69, 9.17) is 4.98 Å². The Morgan fingerprint density at radius 2 is 1.00 bits per heavy atom. The normalized spacial score (nSPS) is 13.0. The van der Waals surface area contributed by atoms with Gasteiger partial charge in [-0.15, -0.1) is 0 Å². The average Bonchev–Trinajstić information content (AvgIpc) is 3.53. The summed E-state index contributed by atoms with van der Waals surface area (Å²) in [5, 5.41) is 5.78. The van der Waals surface area contributed by atoms with Crippen LogP contribution in [0.3, 0.4) is 0 Å². The Balaban J connectivity index is 1.34. The Morgan fingerprint density at radius 1 is 0.442 bits per heavy atom. The maximum absolute atomic E-state index is 14.6. The summed E-state index contributed by atoms with van der Waals surface area (Å²) in [4.78, 5) is 34.3. The van der Waals surface area contributed by atoms with Gasteiger partial charge in [-0.1, -0.05) is 102 Å². The topological polar surface area (TPSA) is 55.9 Å². The highest BCUT2D eigenvalue weighted by Crippen LogP contribution is 2.37. The third-order valence-corrected chi connectivity index (χ3v) is 11.1. The molecule has 6 aromatic carbocycles. The summed E-state index contributed by atoms with van der Waals surface area (Å²) in [6.07, 6.45) is 0. The second-order valence-corrected chi connectivity index (χ2v) is 16.4. The van der Waals surface area contributed by atoms with E-state index in [0.717, 1.165) is 66.3 Å². The average molecular weight is 676 g/mol. The van der Waals surface area contributed by atoms with Gasteiger partial charge in [-0.25, -0.2) is 4.98 Å². The summed E-state index contributed by atoms with van der Waals surface area (Å²) in [7, 11) is 0. The molecule has 0 aliphatic heterocycles. The van der Waals surface area contributed by atoms with Crippen LogP contribution in [0.2, 0.25) is 0 Å². The Hall–Kier alpha value is -6.07. The minimum absolute atomic E-state index is 0.0682. The highest BCUT2D eigenvalue weighted by molar-refractivity contribution is 6.14. The summed E-state index contributed by atoms with van der Waals surface area (Å²) >= 11 is 0. The van der Waals surface area contributed by atoms with Crippen molar-refractivity contribution in [2.45, 2.75) is 52.4 Å². The summed E-state index contributed by atoms with van der Waals surface area (Å²) < 4.78 is 4.42. The van der Waals surface area contributed by atoms with E-state index in [1.165, 1.54) is 5.39 Å². The van der Waals surface area contributed by atoms with E-state index in [0.29, 0.717) is 27.1 Å². The molecule has 0 aliphatic rings. The van der Waals surface area contributed by atoms with Gasteiger partial charge in [0, 0.05) is 32.3 Å². The van der Waals surface area contributed by atoms with Crippen LogP contribution in [-0.4, -0.2) is 13.8 Å². The molecule has 4 aromatic heterocycles. The lowest BCUT2D eigenvalue weighted by Crippen LogP contribution is -2.17. The van der Waals surface area contributed by atoms with E-state index in [1.807, 2.05) is 24.3 Å². The first-order valence-electron chi connectivity index (χ1n) is 18.0. The van der Waals surface area contributed by atoms with Crippen molar-refractivity contribution in [1.29, 1.82) is 0 Å². The molecule has 4 heterocycles. The Morgan fingerprint density at radius 3 is 1.60 bits per heavy atom. The van der Waals surface area contributed by atoms with Crippen molar-refractivity contribution >= 4 is 76.5 Å². The van der Waals surface area contributed by atoms with Gasteiger partial charge in [-0.2, -0.15) is 0 Å². The van der Waals surface area contributed by atoms with Gasteiger partial charge >= 0.3 is 0 Å².